The number of carbonyl (C=O) groups excluding carboxylic acids is 1. The van der Waals surface area contributed by atoms with Crippen LogP contribution in [0, 0.1) is 0 Å². The maximum absolute atomic E-state index is 12.1. The van der Waals surface area contributed by atoms with E-state index in [-0.39, 0.29) is 42.8 Å². The van der Waals surface area contributed by atoms with Gasteiger partial charge >= 0.3 is 0 Å². The van der Waals surface area contributed by atoms with Crippen molar-refractivity contribution in [3.63, 3.8) is 0 Å². The summed E-state index contributed by atoms with van der Waals surface area (Å²) < 4.78 is 5.32. The van der Waals surface area contributed by atoms with Crippen molar-refractivity contribution in [1.29, 1.82) is 0 Å². The van der Waals surface area contributed by atoms with E-state index in [0.717, 1.165) is 26.1 Å². The highest BCUT2D eigenvalue weighted by Gasteiger charge is 2.27. The van der Waals surface area contributed by atoms with Crippen molar-refractivity contribution in [3.05, 3.63) is 30.3 Å². The molecule has 2 heterocycles. The Balaban J connectivity index is 0.00000121. The molecule has 7 heteroatoms. The quantitative estimate of drug-likeness (QED) is 0.862. The van der Waals surface area contributed by atoms with E-state index in [1.807, 2.05) is 18.2 Å². The minimum Gasteiger partial charge on any atom is -0.378 e. The third kappa shape index (κ3) is 4.74. The lowest BCUT2D eigenvalue weighted by atomic mass is 10.2. The smallest absolute Gasteiger partial charge is 0.239 e. The predicted molar refractivity (Wildman–Crippen MR) is 92.3 cm³/mol. The van der Waals surface area contributed by atoms with Gasteiger partial charge in [0.05, 0.1) is 13.2 Å². The first-order valence-corrected chi connectivity index (χ1v) is 7.24. The lowest BCUT2D eigenvalue weighted by molar-refractivity contribution is -0.126. The number of carbonyl (C=O) groups is 1. The number of ether oxygens (including phenoxy) is 1. The van der Waals surface area contributed by atoms with E-state index in [2.05, 4.69) is 27.7 Å². The van der Waals surface area contributed by atoms with Gasteiger partial charge in [0.15, 0.2) is 0 Å². The first kappa shape index (κ1) is 19.0. The fourth-order valence-electron chi connectivity index (χ4n) is 2.79. The molecule has 2 unspecified atom stereocenters. The highest BCUT2D eigenvalue weighted by Crippen LogP contribution is 2.19. The van der Waals surface area contributed by atoms with Crippen LogP contribution in [0.2, 0.25) is 0 Å². The molecular weight excluding hydrogens is 325 g/mol. The minimum absolute atomic E-state index is 0. The zero-order valence-corrected chi connectivity index (χ0v) is 14.0. The largest absolute Gasteiger partial charge is 0.378 e. The Bertz CT molecular complexity index is 455. The minimum atomic E-state index is -0.200. The molecule has 0 aliphatic carbocycles. The van der Waals surface area contributed by atoms with Gasteiger partial charge in [-0.05, 0) is 18.6 Å². The zero-order chi connectivity index (χ0) is 13.8. The molecule has 2 fully saturated rings. The van der Waals surface area contributed by atoms with Gasteiger partial charge in [0.1, 0.15) is 6.04 Å². The van der Waals surface area contributed by atoms with Crippen LogP contribution in [0.25, 0.3) is 0 Å². The van der Waals surface area contributed by atoms with E-state index in [9.17, 15) is 4.79 Å². The third-order valence-electron chi connectivity index (χ3n) is 3.89. The number of benzene rings is 1. The molecular formula is C15H23Cl2N3O2. The molecule has 2 atom stereocenters. The highest BCUT2D eigenvalue weighted by atomic mass is 35.5. The van der Waals surface area contributed by atoms with E-state index < -0.39 is 0 Å². The van der Waals surface area contributed by atoms with Gasteiger partial charge < -0.3 is 20.3 Å². The lowest BCUT2D eigenvalue weighted by Gasteiger charge is -2.25. The van der Waals surface area contributed by atoms with Gasteiger partial charge in [0.25, 0.3) is 0 Å². The molecule has 1 amide bonds. The summed E-state index contributed by atoms with van der Waals surface area (Å²) in [4.78, 5) is 14.4. The summed E-state index contributed by atoms with van der Waals surface area (Å²) in [5, 5.41) is 6.31. The standard InChI is InChI=1S/C15H21N3O2.2ClH/c19-15(14-11-20-9-7-16-14)17-12-6-8-18(10-12)13-4-2-1-3-5-13;;/h1-5,12,14,16H,6-11H2,(H,17,19);2*1H. The van der Waals surface area contributed by atoms with E-state index in [1.54, 1.807) is 0 Å². The number of nitrogens with one attached hydrogen (secondary N) is 2. The van der Waals surface area contributed by atoms with Crippen molar-refractivity contribution >= 4 is 36.4 Å². The number of para-hydroxylation sites is 1. The van der Waals surface area contributed by atoms with Crippen LogP contribution in [0.4, 0.5) is 5.69 Å². The Labute approximate surface area is 143 Å². The summed E-state index contributed by atoms with van der Waals surface area (Å²) in [6, 6.07) is 10.4. The van der Waals surface area contributed by atoms with Crippen LogP contribution in [0.1, 0.15) is 6.42 Å². The van der Waals surface area contributed by atoms with Crippen LogP contribution >= 0.6 is 24.8 Å². The second kappa shape index (κ2) is 9.20. The van der Waals surface area contributed by atoms with Crippen molar-refractivity contribution in [1.82, 2.24) is 10.6 Å². The number of morpholine rings is 1. The van der Waals surface area contributed by atoms with Gasteiger partial charge in [-0.25, -0.2) is 0 Å². The number of halogens is 2. The molecule has 3 rings (SSSR count). The lowest BCUT2D eigenvalue weighted by Crippen LogP contribution is -2.53. The van der Waals surface area contributed by atoms with Crippen molar-refractivity contribution < 1.29 is 9.53 Å². The van der Waals surface area contributed by atoms with Gasteiger partial charge in [0, 0.05) is 31.4 Å². The van der Waals surface area contributed by atoms with Crippen LogP contribution in [0.3, 0.4) is 0 Å². The van der Waals surface area contributed by atoms with Crippen LogP contribution in [0.15, 0.2) is 30.3 Å². The molecule has 5 nitrogen and oxygen atoms in total. The first-order chi connectivity index (χ1) is 9.83. The second-order valence-corrected chi connectivity index (χ2v) is 5.36. The van der Waals surface area contributed by atoms with E-state index >= 15 is 0 Å². The molecule has 0 radical (unpaired) electrons. The first-order valence-electron chi connectivity index (χ1n) is 7.24. The van der Waals surface area contributed by atoms with Crippen LogP contribution in [-0.4, -0.2) is 50.8 Å². The average Bonchev–Trinajstić information content (AvgIpc) is 2.97. The fraction of sp³-hybridized carbons (Fsp3) is 0.533. The number of rotatable bonds is 3. The van der Waals surface area contributed by atoms with Crippen molar-refractivity contribution in [2.45, 2.75) is 18.5 Å². The third-order valence-corrected chi connectivity index (χ3v) is 3.89. The monoisotopic (exact) mass is 347 g/mol. The van der Waals surface area contributed by atoms with E-state index in [0.29, 0.717) is 13.2 Å². The number of nitrogens with zero attached hydrogens (tertiary/aromatic N) is 1. The molecule has 2 aliphatic rings. The normalized spacial score (nSPS) is 24.1. The van der Waals surface area contributed by atoms with Crippen LogP contribution in [0.5, 0.6) is 0 Å². The summed E-state index contributed by atoms with van der Waals surface area (Å²) in [6.45, 7) is 3.78. The molecule has 2 N–H and O–H groups in total. The fourth-order valence-corrected chi connectivity index (χ4v) is 2.79. The molecule has 1 aromatic carbocycles. The molecule has 0 saturated carbocycles. The van der Waals surface area contributed by atoms with E-state index in [4.69, 9.17) is 4.74 Å². The summed E-state index contributed by atoms with van der Waals surface area (Å²) >= 11 is 0. The van der Waals surface area contributed by atoms with Gasteiger partial charge in [-0.2, -0.15) is 0 Å². The SMILES string of the molecule is Cl.Cl.O=C(NC1CCN(c2ccccc2)C1)C1COCCN1. The molecule has 0 spiro atoms. The van der Waals surface area contributed by atoms with Gasteiger partial charge in [-0.15, -0.1) is 24.8 Å². The Kier molecular flexibility index (Phi) is 7.96. The summed E-state index contributed by atoms with van der Waals surface area (Å²) in [5.41, 5.74) is 1.23. The van der Waals surface area contributed by atoms with E-state index in [1.165, 1.54) is 5.69 Å². The van der Waals surface area contributed by atoms with Gasteiger partial charge in [-0.3, -0.25) is 4.79 Å². The Morgan fingerprint density at radius 3 is 2.73 bits per heavy atom. The van der Waals surface area contributed by atoms with Crippen LogP contribution < -0.4 is 15.5 Å². The molecule has 1 aromatic rings. The predicted octanol–water partition coefficient (Wildman–Crippen LogP) is 1.21. The number of amides is 1. The molecule has 2 aliphatic heterocycles. The van der Waals surface area contributed by atoms with Gasteiger partial charge in [-0.1, -0.05) is 18.2 Å². The second-order valence-electron chi connectivity index (χ2n) is 5.36. The van der Waals surface area contributed by atoms with Crippen molar-refractivity contribution in [3.8, 4) is 0 Å². The summed E-state index contributed by atoms with van der Waals surface area (Å²) in [6.07, 6.45) is 0.994. The number of anilines is 1. The number of hydrogen-bond donors (Lipinski definition) is 2. The molecule has 0 aromatic heterocycles. The molecule has 22 heavy (non-hydrogen) atoms. The zero-order valence-electron chi connectivity index (χ0n) is 12.4. The van der Waals surface area contributed by atoms with Crippen molar-refractivity contribution in [2.75, 3.05) is 37.7 Å². The Hall–Kier alpha value is -1.01. The molecule has 0 bridgehead atoms. The van der Waals surface area contributed by atoms with Gasteiger partial charge in [0.2, 0.25) is 5.91 Å². The highest BCUT2D eigenvalue weighted by molar-refractivity contribution is 5.85. The Morgan fingerprint density at radius 1 is 1.27 bits per heavy atom. The summed E-state index contributed by atoms with van der Waals surface area (Å²) in [7, 11) is 0. The van der Waals surface area contributed by atoms with Crippen molar-refractivity contribution in [2.24, 2.45) is 0 Å². The maximum atomic E-state index is 12.1. The topological polar surface area (TPSA) is 53.6 Å². The average molecular weight is 348 g/mol. The summed E-state index contributed by atoms with van der Waals surface area (Å²) in [5.74, 6) is 0.0598. The Morgan fingerprint density at radius 2 is 2.05 bits per heavy atom. The molecule has 2 saturated heterocycles. The maximum Gasteiger partial charge on any atom is 0.239 e. The number of hydrogen-bond acceptors (Lipinski definition) is 4. The van der Waals surface area contributed by atoms with Crippen LogP contribution in [-0.2, 0) is 9.53 Å². The molecule has 124 valence electrons.